The van der Waals surface area contributed by atoms with E-state index in [1.807, 2.05) is 0 Å². The molecule has 274 valence electrons. The second-order valence-corrected chi connectivity index (χ2v) is 17.8. The lowest BCUT2D eigenvalue weighted by atomic mass is 9.43. The van der Waals surface area contributed by atoms with Gasteiger partial charge in [0.05, 0.1) is 35.6 Å². The van der Waals surface area contributed by atoms with Crippen LogP contribution in [0.5, 0.6) is 0 Å². The molecule has 0 aromatic rings. The van der Waals surface area contributed by atoms with Crippen LogP contribution in [0.1, 0.15) is 99.8 Å². The molecule has 0 bridgehead atoms. The van der Waals surface area contributed by atoms with Gasteiger partial charge in [0.25, 0.3) is 0 Å². The average molecular weight is 682 g/mol. The van der Waals surface area contributed by atoms with Crippen molar-refractivity contribution in [3.05, 3.63) is 0 Å². The van der Waals surface area contributed by atoms with Gasteiger partial charge in [0.1, 0.15) is 12.9 Å². The lowest BCUT2D eigenvalue weighted by molar-refractivity contribution is -0.283. The Morgan fingerprint density at radius 2 is 1.71 bits per heavy atom. The third kappa shape index (κ3) is 5.02. The fourth-order valence-electron chi connectivity index (χ4n) is 12.9. The maximum atomic E-state index is 12.4. The molecule has 2 spiro atoms. The van der Waals surface area contributed by atoms with Crippen molar-refractivity contribution >= 4 is 12.3 Å². The molecule has 0 aromatic heterocycles. The van der Waals surface area contributed by atoms with Gasteiger partial charge < -0.3 is 55.0 Å². The van der Waals surface area contributed by atoms with Gasteiger partial charge in [-0.2, -0.15) is 0 Å². The van der Waals surface area contributed by atoms with Crippen LogP contribution in [0.15, 0.2) is 0 Å². The maximum Gasteiger partial charge on any atom is 0.303 e. The van der Waals surface area contributed by atoms with Gasteiger partial charge >= 0.3 is 5.97 Å². The molecule has 0 radical (unpaired) electrons. The van der Waals surface area contributed by atoms with Crippen molar-refractivity contribution in [2.24, 2.45) is 51.1 Å². The van der Waals surface area contributed by atoms with Crippen molar-refractivity contribution in [1.29, 1.82) is 0 Å². The zero-order chi connectivity index (χ0) is 35.4. The summed E-state index contributed by atoms with van der Waals surface area (Å²) in [6.07, 6.45) is -1.15. The molecule has 0 aromatic carbocycles. The quantitative estimate of drug-likeness (QED) is 0.111. The Kier molecular flexibility index (Phi) is 9.08. The van der Waals surface area contributed by atoms with E-state index in [-0.39, 0.29) is 58.0 Å². The van der Waals surface area contributed by atoms with Crippen molar-refractivity contribution in [2.75, 3.05) is 6.61 Å². The zero-order valence-electron chi connectivity index (χ0n) is 29.6. The number of aliphatic hydroxyl groups is 5. The first-order chi connectivity index (χ1) is 22.2. The van der Waals surface area contributed by atoms with E-state index in [0.717, 1.165) is 38.5 Å². The first kappa shape index (κ1) is 36.6. The highest BCUT2D eigenvalue weighted by Gasteiger charge is 2.85. The number of nitrogens with two attached hydrogens (primary N) is 1. The molecule has 5 saturated carbocycles. The summed E-state index contributed by atoms with van der Waals surface area (Å²) in [7, 11) is 0. The molecule has 1 aliphatic heterocycles. The van der Waals surface area contributed by atoms with Crippen LogP contribution in [-0.4, -0.2) is 105 Å². The predicted octanol–water partition coefficient (Wildman–Crippen LogP) is 1.79. The number of carbonyl (C=O) groups excluding carboxylic acids is 2. The lowest BCUT2D eigenvalue weighted by Gasteiger charge is -2.63. The summed E-state index contributed by atoms with van der Waals surface area (Å²) in [5.74, 6) is -0.0125. The van der Waals surface area contributed by atoms with Crippen LogP contribution in [-0.2, 0) is 28.5 Å². The van der Waals surface area contributed by atoms with Gasteiger partial charge in [0.15, 0.2) is 24.8 Å². The molecule has 12 heteroatoms. The van der Waals surface area contributed by atoms with Crippen LogP contribution < -0.4 is 5.73 Å². The first-order valence-corrected chi connectivity index (χ1v) is 18.0. The van der Waals surface area contributed by atoms with Crippen LogP contribution in [0.3, 0.4) is 0 Å². The molecule has 48 heavy (non-hydrogen) atoms. The molecule has 1 saturated heterocycles. The lowest BCUT2D eigenvalue weighted by Crippen LogP contribution is -2.70. The highest BCUT2D eigenvalue weighted by molar-refractivity contribution is 5.66. The molecular weight excluding hydrogens is 622 g/mol. The molecule has 1 heterocycles. The normalized spacial score (nSPS) is 47.8. The molecule has 6 rings (SSSR count). The van der Waals surface area contributed by atoms with Crippen LogP contribution in [0.2, 0.25) is 0 Å². The Hall–Kier alpha value is -1.22. The number of rotatable bonds is 10. The molecule has 0 amide bonds. The van der Waals surface area contributed by atoms with E-state index in [1.165, 1.54) is 6.92 Å². The number of carbonyl (C=O) groups is 2. The molecule has 12 nitrogen and oxygen atoms in total. The van der Waals surface area contributed by atoms with E-state index in [9.17, 15) is 35.1 Å². The highest BCUT2D eigenvalue weighted by atomic mass is 16.7. The average Bonchev–Trinajstić information content (AvgIpc) is 3.62. The monoisotopic (exact) mass is 681 g/mol. The Morgan fingerprint density at radius 3 is 2.31 bits per heavy atom. The Balaban J connectivity index is 1.26. The minimum Gasteiger partial charge on any atom is -0.457 e. The second kappa shape index (κ2) is 11.9. The van der Waals surface area contributed by atoms with Crippen molar-refractivity contribution in [3.63, 3.8) is 0 Å². The molecule has 9 unspecified atom stereocenters. The number of aliphatic hydroxyl groups excluding tert-OH is 3. The summed E-state index contributed by atoms with van der Waals surface area (Å²) < 4.78 is 24.0. The Labute approximate surface area is 284 Å². The smallest absolute Gasteiger partial charge is 0.303 e. The molecule has 7 N–H and O–H groups in total. The van der Waals surface area contributed by atoms with Gasteiger partial charge in [-0.1, -0.05) is 27.7 Å². The second-order valence-electron chi connectivity index (χ2n) is 17.8. The molecule has 5 aliphatic carbocycles. The van der Waals surface area contributed by atoms with Crippen molar-refractivity contribution in [1.82, 2.24) is 0 Å². The van der Waals surface area contributed by atoms with Gasteiger partial charge in [-0.05, 0) is 111 Å². The number of esters is 1. The first-order valence-electron chi connectivity index (χ1n) is 18.0. The van der Waals surface area contributed by atoms with E-state index >= 15 is 0 Å². The van der Waals surface area contributed by atoms with E-state index < -0.39 is 60.2 Å². The Morgan fingerprint density at radius 1 is 1.06 bits per heavy atom. The van der Waals surface area contributed by atoms with E-state index in [0.29, 0.717) is 19.1 Å². The van der Waals surface area contributed by atoms with Crippen molar-refractivity contribution < 1.29 is 54.1 Å². The summed E-state index contributed by atoms with van der Waals surface area (Å²) in [6, 6.07) is 0. The van der Waals surface area contributed by atoms with E-state index in [2.05, 4.69) is 27.7 Å². The van der Waals surface area contributed by atoms with Gasteiger partial charge in [-0.25, -0.2) is 0 Å². The van der Waals surface area contributed by atoms with Crippen LogP contribution in [0.4, 0.5) is 0 Å². The van der Waals surface area contributed by atoms with Crippen molar-refractivity contribution in [2.45, 2.75) is 160 Å². The summed E-state index contributed by atoms with van der Waals surface area (Å²) in [6.45, 7) is 13.0. The molecular formula is C36H59NO11. The predicted molar refractivity (Wildman–Crippen MR) is 172 cm³/mol. The highest BCUT2D eigenvalue weighted by Crippen LogP contribution is 2.87. The van der Waals surface area contributed by atoms with E-state index in [4.69, 9.17) is 24.7 Å². The summed E-state index contributed by atoms with van der Waals surface area (Å²) >= 11 is 0. The number of hydrogen-bond acceptors (Lipinski definition) is 12. The number of hydrogen-bond donors (Lipinski definition) is 6. The molecule has 6 aliphatic rings. The standard InChI is InChI=1S/C36H59NO11/c1-18-16-20(28(32(5,6)44)46-19(2)39)47-26-24(18)33(7)12-13-35-17-34(35)11-10-23(48-30(45-15-14-38)25(40)29(42)43)31(3,4)21(34)8-9-22(35)36(33,37)27(26)41/h14,18,20-30,40-44H,8-13,15-17,37H2,1-7H3/t18-,20+,21?,22?,23?,24+,25-,26?,27+,28?,30?,33?,34?,35?,36+/m1/s1. The van der Waals surface area contributed by atoms with Crippen LogP contribution in [0.25, 0.3) is 0 Å². The SMILES string of the molecule is CC(=O)OC([C@@H]1C[C@@H](C)[C@H]2C(O1)[C@H](O)[C@@]1(N)C3CCC4C(C)(C)C(OC(OCC=O)[C@H](O)C(O)O)CCC45CC35CCC21C)C(C)(C)O. The van der Waals surface area contributed by atoms with E-state index in [1.54, 1.807) is 13.8 Å². The topological polar surface area (TPSA) is 198 Å². The minimum atomic E-state index is -2.08. The molecule has 6 fully saturated rings. The Bertz CT molecular complexity index is 1250. The third-order valence-electron chi connectivity index (χ3n) is 14.8. The summed E-state index contributed by atoms with van der Waals surface area (Å²) in [5.41, 5.74) is 4.72. The fraction of sp³-hybridized carbons (Fsp3) is 0.944. The van der Waals surface area contributed by atoms with Gasteiger partial charge in [0.2, 0.25) is 0 Å². The third-order valence-corrected chi connectivity index (χ3v) is 14.8. The fourth-order valence-corrected chi connectivity index (χ4v) is 12.9. The number of ether oxygens (including phenoxy) is 4. The van der Waals surface area contributed by atoms with Gasteiger partial charge in [0, 0.05) is 6.92 Å². The summed E-state index contributed by atoms with van der Waals surface area (Å²) in [5, 5.41) is 53.0. The van der Waals surface area contributed by atoms with Gasteiger partial charge in [-0.15, -0.1) is 0 Å². The minimum absolute atomic E-state index is 0.00971. The number of fused-ring (bicyclic) bond motifs is 4. The maximum absolute atomic E-state index is 12.4. The summed E-state index contributed by atoms with van der Waals surface area (Å²) in [4.78, 5) is 23.1. The largest absolute Gasteiger partial charge is 0.457 e. The molecule has 15 atom stereocenters. The number of aldehydes is 1. The zero-order valence-corrected chi connectivity index (χ0v) is 29.6. The van der Waals surface area contributed by atoms with Crippen LogP contribution in [0, 0.1) is 45.3 Å². The van der Waals surface area contributed by atoms with Crippen molar-refractivity contribution in [3.8, 4) is 0 Å². The van der Waals surface area contributed by atoms with Gasteiger partial charge in [-0.3, -0.25) is 4.79 Å². The van der Waals surface area contributed by atoms with Crippen LogP contribution >= 0.6 is 0 Å².